The van der Waals surface area contributed by atoms with Crippen LogP contribution in [-0.4, -0.2) is 15.6 Å². The fourth-order valence-electron chi connectivity index (χ4n) is 1.85. The Bertz CT molecular complexity index is 712. The van der Waals surface area contributed by atoms with E-state index in [9.17, 15) is 10.1 Å². The largest absolute Gasteiger partial charge is 0.293 e. The number of rotatable bonds is 3. The maximum atomic E-state index is 12.2. The van der Waals surface area contributed by atoms with Gasteiger partial charge in [0.25, 0.3) is 0 Å². The Kier molecular flexibility index (Phi) is 4.04. The molecule has 4 heteroatoms. The number of para-hydroxylation sites is 1. The molecule has 0 saturated heterocycles. The molecule has 0 amide bonds. The number of carbonyl (C=O) groups is 1. The summed E-state index contributed by atoms with van der Waals surface area (Å²) in [5.74, 6) is -0.169. The number of aromatic nitrogens is 2. The second-order valence-corrected chi connectivity index (χ2v) is 5.80. The molecule has 0 fully saturated rings. The quantitative estimate of drug-likeness (QED) is 0.639. The van der Waals surface area contributed by atoms with Crippen molar-refractivity contribution < 1.29 is 4.79 Å². The molecule has 0 aliphatic heterocycles. The van der Waals surface area contributed by atoms with Crippen LogP contribution in [0.4, 0.5) is 0 Å². The van der Waals surface area contributed by atoms with E-state index < -0.39 is 5.41 Å². The van der Waals surface area contributed by atoms with E-state index >= 15 is 0 Å². The van der Waals surface area contributed by atoms with Gasteiger partial charge < -0.3 is 0 Å². The number of benzene rings is 1. The first-order valence-corrected chi connectivity index (χ1v) is 6.68. The zero-order chi connectivity index (χ0) is 15.5. The minimum atomic E-state index is -0.572. The van der Waals surface area contributed by atoms with Crippen LogP contribution in [-0.2, 0) is 4.79 Å². The van der Waals surface area contributed by atoms with E-state index in [1.807, 2.05) is 36.4 Å². The zero-order valence-electron chi connectivity index (χ0n) is 12.4. The number of carbonyl (C=O) groups excluding carboxylic acids is 1. The van der Waals surface area contributed by atoms with Crippen molar-refractivity contribution in [2.24, 2.45) is 5.41 Å². The van der Waals surface area contributed by atoms with Crippen LogP contribution in [0.15, 0.2) is 48.3 Å². The maximum Gasteiger partial charge on any atom is 0.178 e. The molecule has 0 aliphatic carbocycles. The predicted octanol–water partition coefficient (Wildman–Crippen LogP) is 3.39. The third kappa shape index (κ3) is 3.46. The lowest BCUT2D eigenvalue weighted by molar-refractivity contribution is -0.121. The summed E-state index contributed by atoms with van der Waals surface area (Å²) in [6, 6.07) is 11.6. The van der Waals surface area contributed by atoms with E-state index in [0.717, 1.165) is 11.3 Å². The number of hydrogen-bond acceptors (Lipinski definition) is 3. The van der Waals surface area contributed by atoms with Crippen LogP contribution in [0.1, 0.15) is 26.3 Å². The van der Waals surface area contributed by atoms with E-state index in [0.29, 0.717) is 0 Å². The predicted molar refractivity (Wildman–Crippen MR) is 81.6 cm³/mol. The van der Waals surface area contributed by atoms with Crippen LogP contribution in [0.25, 0.3) is 11.8 Å². The molecule has 1 heterocycles. The highest BCUT2D eigenvalue weighted by molar-refractivity contribution is 6.06. The third-order valence-corrected chi connectivity index (χ3v) is 2.98. The Balaban J connectivity index is 2.32. The molecule has 1 aromatic heterocycles. The summed E-state index contributed by atoms with van der Waals surface area (Å²) in [5, 5.41) is 13.4. The average Bonchev–Trinajstić information content (AvgIpc) is 2.92. The molecule has 106 valence electrons. The molecule has 0 bridgehead atoms. The van der Waals surface area contributed by atoms with Crippen LogP contribution >= 0.6 is 0 Å². The topological polar surface area (TPSA) is 58.7 Å². The van der Waals surface area contributed by atoms with Gasteiger partial charge in [-0.1, -0.05) is 39.0 Å². The summed E-state index contributed by atoms with van der Waals surface area (Å²) in [6.07, 6.45) is 5.02. The maximum absolute atomic E-state index is 12.2. The Labute approximate surface area is 124 Å². The summed E-state index contributed by atoms with van der Waals surface area (Å²) in [7, 11) is 0. The van der Waals surface area contributed by atoms with Crippen molar-refractivity contribution in [3.63, 3.8) is 0 Å². The molecule has 2 aromatic rings. The van der Waals surface area contributed by atoms with Crippen molar-refractivity contribution >= 4 is 11.9 Å². The highest BCUT2D eigenvalue weighted by Crippen LogP contribution is 2.21. The van der Waals surface area contributed by atoms with E-state index in [4.69, 9.17) is 0 Å². The Hall–Kier alpha value is -2.67. The Morgan fingerprint density at radius 1 is 1.29 bits per heavy atom. The molecule has 0 saturated carbocycles. The van der Waals surface area contributed by atoms with Crippen molar-refractivity contribution in [3.8, 4) is 11.8 Å². The number of Topliss-reactive ketones (excluding diaryl/α,β-unsaturated/α-hetero) is 1. The van der Waals surface area contributed by atoms with Gasteiger partial charge in [0, 0.05) is 17.2 Å². The fraction of sp³-hybridized carbons (Fsp3) is 0.235. The summed E-state index contributed by atoms with van der Waals surface area (Å²) in [4.78, 5) is 12.2. The molecular weight excluding hydrogens is 262 g/mol. The Morgan fingerprint density at radius 2 is 1.95 bits per heavy atom. The third-order valence-electron chi connectivity index (χ3n) is 2.98. The monoisotopic (exact) mass is 279 g/mol. The molecule has 4 nitrogen and oxygen atoms in total. The summed E-state index contributed by atoms with van der Waals surface area (Å²) >= 11 is 0. The van der Waals surface area contributed by atoms with Crippen LogP contribution in [0.2, 0.25) is 0 Å². The number of hydrogen-bond donors (Lipinski definition) is 0. The highest BCUT2D eigenvalue weighted by atomic mass is 16.1. The van der Waals surface area contributed by atoms with Crippen LogP contribution in [0.5, 0.6) is 0 Å². The number of nitrogens with zero attached hydrogens (tertiary/aromatic N) is 3. The van der Waals surface area contributed by atoms with Gasteiger partial charge in [0.1, 0.15) is 6.07 Å². The SMILES string of the molecule is CC(C)(C)C(=O)/C(C#N)=C/c1cnn(-c2ccccc2)c1. The van der Waals surface area contributed by atoms with Crippen molar-refractivity contribution in [2.75, 3.05) is 0 Å². The van der Waals surface area contributed by atoms with Crippen molar-refractivity contribution in [3.05, 3.63) is 53.9 Å². The lowest BCUT2D eigenvalue weighted by atomic mass is 9.86. The number of nitriles is 1. The highest BCUT2D eigenvalue weighted by Gasteiger charge is 2.25. The smallest absolute Gasteiger partial charge is 0.178 e. The molecule has 2 rings (SSSR count). The molecule has 0 aliphatic rings. The second-order valence-electron chi connectivity index (χ2n) is 5.80. The van der Waals surface area contributed by atoms with Gasteiger partial charge >= 0.3 is 0 Å². The van der Waals surface area contributed by atoms with Gasteiger partial charge in [0.2, 0.25) is 0 Å². The summed E-state index contributed by atoms with van der Waals surface area (Å²) in [5.41, 5.74) is 1.23. The van der Waals surface area contributed by atoms with Gasteiger partial charge in [-0.2, -0.15) is 10.4 Å². The fourth-order valence-corrected chi connectivity index (χ4v) is 1.85. The van der Waals surface area contributed by atoms with E-state index in [-0.39, 0.29) is 11.4 Å². The van der Waals surface area contributed by atoms with Crippen molar-refractivity contribution in [1.82, 2.24) is 9.78 Å². The standard InChI is InChI=1S/C17H17N3O/c1-17(2,3)16(21)14(10-18)9-13-11-19-20(12-13)15-7-5-4-6-8-15/h4-9,11-12H,1-3H3/b14-9+. The lowest BCUT2D eigenvalue weighted by Gasteiger charge is -2.15. The van der Waals surface area contributed by atoms with Crippen molar-refractivity contribution in [2.45, 2.75) is 20.8 Å². The first kappa shape index (κ1) is 14.7. The van der Waals surface area contributed by atoms with Gasteiger partial charge in [0.15, 0.2) is 5.78 Å². The molecule has 0 unspecified atom stereocenters. The lowest BCUT2D eigenvalue weighted by Crippen LogP contribution is -2.21. The molecule has 0 spiro atoms. The first-order chi connectivity index (χ1) is 9.91. The molecule has 1 aromatic carbocycles. The molecule has 0 atom stereocenters. The molecule has 0 radical (unpaired) electrons. The van der Waals surface area contributed by atoms with E-state index in [2.05, 4.69) is 5.10 Å². The van der Waals surface area contributed by atoms with Gasteiger partial charge in [-0.15, -0.1) is 0 Å². The molecular formula is C17H17N3O. The Morgan fingerprint density at radius 3 is 2.52 bits per heavy atom. The summed E-state index contributed by atoms with van der Waals surface area (Å²) in [6.45, 7) is 5.40. The van der Waals surface area contributed by atoms with Gasteiger partial charge in [-0.3, -0.25) is 4.79 Å². The normalized spacial score (nSPS) is 12.0. The minimum absolute atomic E-state index is 0.148. The van der Waals surface area contributed by atoms with Crippen LogP contribution < -0.4 is 0 Å². The molecule has 0 N–H and O–H groups in total. The van der Waals surface area contributed by atoms with Gasteiger partial charge in [-0.05, 0) is 18.2 Å². The van der Waals surface area contributed by atoms with Crippen LogP contribution in [0.3, 0.4) is 0 Å². The van der Waals surface area contributed by atoms with Crippen molar-refractivity contribution in [1.29, 1.82) is 5.26 Å². The average molecular weight is 279 g/mol. The van der Waals surface area contributed by atoms with Crippen LogP contribution in [0, 0.1) is 16.7 Å². The van der Waals surface area contributed by atoms with Gasteiger partial charge in [-0.25, -0.2) is 4.68 Å². The number of allylic oxidation sites excluding steroid dienone is 1. The van der Waals surface area contributed by atoms with Gasteiger partial charge in [0.05, 0.1) is 17.5 Å². The minimum Gasteiger partial charge on any atom is -0.293 e. The van der Waals surface area contributed by atoms with E-state index in [1.165, 1.54) is 0 Å². The second kappa shape index (κ2) is 5.76. The molecule has 21 heavy (non-hydrogen) atoms. The van der Waals surface area contributed by atoms with E-state index in [1.54, 1.807) is 43.9 Å². The number of ketones is 1. The summed E-state index contributed by atoms with van der Waals surface area (Å²) < 4.78 is 1.71. The zero-order valence-corrected chi connectivity index (χ0v) is 12.4. The first-order valence-electron chi connectivity index (χ1n) is 6.68.